The van der Waals surface area contributed by atoms with Crippen molar-refractivity contribution in [3.05, 3.63) is 71.5 Å². The topological polar surface area (TPSA) is 196 Å². The molecule has 3 aliphatic rings. The van der Waals surface area contributed by atoms with Gasteiger partial charge in [0.15, 0.2) is 0 Å². The summed E-state index contributed by atoms with van der Waals surface area (Å²) in [5.41, 5.74) is 6.44. The number of carbonyl (C=O) groups excluding carboxylic acids is 4. The molecule has 1 saturated carbocycles. The van der Waals surface area contributed by atoms with E-state index in [1.165, 1.54) is 18.0 Å². The number of ether oxygens (including phenoxy) is 2. The van der Waals surface area contributed by atoms with Crippen LogP contribution in [-0.4, -0.2) is 110 Å². The molecule has 0 spiro atoms. The van der Waals surface area contributed by atoms with Gasteiger partial charge < -0.3 is 39.6 Å². The number of hydrazine groups is 1. The number of phenolic OH excluding ortho intramolecular Hbond substituents is 1. The van der Waals surface area contributed by atoms with Gasteiger partial charge in [0, 0.05) is 68.2 Å². The van der Waals surface area contributed by atoms with E-state index in [2.05, 4.69) is 34.4 Å². The van der Waals surface area contributed by atoms with E-state index in [0.29, 0.717) is 30.5 Å². The van der Waals surface area contributed by atoms with E-state index >= 15 is 0 Å². The van der Waals surface area contributed by atoms with Crippen LogP contribution < -0.4 is 10.7 Å². The first kappa shape index (κ1) is 44.7. The predicted molar refractivity (Wildman–Crippen MR) is 232 cm³/mol. The van der Waals surface area contributed by atoms with Crippen LogP contribution in [0.2, 0.25) is 0 Å². The maximum absolute atomic E-state index is 14.6. The summed E-state index contributed by atoms with van der Waals surface area (Å²) in [5.74, 6) is -3.54. The van der Waals surface area contributed by atoms with Crippen LogP contribution in [0, 0.1) is 17.3 Å². The predicted octanol–water partition coefficient (Wildman–Crippen LogP) is 4.64. The highest BCUT2D eigenvalue weighted by Gasteiger charge is 2.47. The Balaban J connectivity index is 1.37. The molecule has 2 aromatic carbocycles. The molecule has 7 rings (SSSR count). The number of fused-ring (bicyclic) bond motifs is 6. The molecule has 3 amide bonds. The maximum atomic E-state index is 14.6. The lowest BCUT2D eigenvalue weighted by Crippen LogP contribution is -2.67. The van der Waals surface area contributed by atoms with Crippen LogP contribution in [0.5, 0.6) is 5.75 Å². The van der Waals surface area contributed by atoms with Gasteiger partial charge in [-0.15, -0.1) is 0 Å². The number of amides is 3. The quantitative estimate of drug-likeness (QED) is 0.147. The van der Waals surface area contributed by atoms with Gasteiger partial charge in [0.2, 0.25) is 17.5 Å². The second-order valence-corrected chi connectivity index (χ2v) is 18.3. The fourth-order valence-corrected chi connectivity index (χ4v) is 9.13. The lowest BCUT2D eigenvalue weighted by Gasteiger charge is -2.40. The molecule has 6 bridgehead atoms. The van der Waals surface area contributed by atoms with Gasteiger partial charge in [-0.25, -0.2) is 4.79 Å². The third-order valence-electron chi connectivity index (χ3n) is 12.5. The number of hydrogen-bond acceptors (Lipinski definition) is 11. The van der Waals surface area contributed by atoms with Crippen molar-refractivity contribution in [2.75, 3.05) is 27.3 Å². The molecule has 332 valence electrons. The van der Waals surface area contributed by atoms with Gasteiger partial charge in [-0.05, 0) is 97.7 Å². The van der Waals surface area contributed by atoms with Crippen molar-refractivity contribution in [1.82, 2.24) is 30.2 Å². The Morgan fingerprint density at radius 3 is 2.53 bits per heavy atom. The van der Waals surface area contributed by atoms with Crippen LogP contribution >= 0.6 is 0 Å². The first-order chi connectivity index (χ1) is 29.4. The van der Waals surface area contributed by atoms with Gasteiger partial charge in [-0.2, -0.15) is 5.43 Å². The summed E-state index contributed by atoms with van der Waals surface area (Å²) in [6.07, 6.45) is 1.59. The summed E-state index contributed by atoms with van der Waals surface area (Å²) in [7, 11) is 3.16. The van der Waals surface area contributed by atoms with Gasteiger partial charge >= 0.3 is 5.97 Å². The second-order valence-electron chi connectivity index (χ2n) is 18.3. The Morgan fingerprint density at radius 1 is 1.11 bits per heavy atom. The minimum absolute atomic E-state index is 0.0310. The average molecular weight is 853 g/mol. The number of rotatable bonds is 9. The number of aliphatic hydroxyl groups excluding tert-OH is 1. The standard InChI is InChI=1S/C47H60N6O9/c1-9-52-37-14-13-29-22-33(37)35(41(52)32-12-10-16-48-39(32)27(4)61-8)24-46(5,6)25-62-45(59)47(60)15-11-17-53(50-47)44(58)36(20-28-18-30(29)21-31(54)19-28)49-42(56)40(26(2)3)51(7)43(57)34-23-38(34)55/h10,12-14,16,18-19,21-22,26-27,34,36,38,40,50,54-55,60H,9,11,15,17,20,23-25H2,1-8H3,(H,49,56)/t27-,34-,36-,38+,40-,47-/m0/s1. The molecular formula is C47H60N6O9. The lowest BCUT2D eigenvalue weighted by atomic mass is 9.84. The molecule has 0 unspecified atom stereocenters. The van der Waals surface area contributed by atoms with Crippen LogP contribution in [0.25, 0.3) is 33.3 Å². The highest BCUT2D eigenvalue weighted by atomic mass is 16.6. The second kappa shape index (κ2) is 17.4. The van der Waals surface area contributed by atoms with Crippen molar-refractivity contribution in [2.24, 2.45) is 17.3 Å². The molecular weight excluding hydrogens is 793 g/mol. The molecule has 5 N–H and O–H groups in total. The number of phenols is 1. The highest BCUT2D eigenvalue weighted by Crippen LogP contribution is 2.42. The van der Waals surface area contributed by atoms with Gasteiger partial charge in [0.25, 0.3) is 5.91 Å². The summed E-state index contributed by atoms with van der Waals surface area (Å²) in [5, 5.41) is 38.0. The van der Waals surface area contributed by atoms with Crippen LogP contribution in [-0.2, 0) is 48.0 Å². The zero-order valence-electron chi connectivity index (χ0n) is 36.9. The van der Waals surface area contributed by atoms with Crippen molar-refractivity contribution in [3.63, 3.8) is 0 Å². The molecule has 6 atom stereocenters. The molecule has 1 aliphatic carbocycles. The van der Waals surface area contributed by atoms with Crippen LogP contribution in [0.15, 0.2) is 54.7 Å². The molecule has 15 nitrogen and oxygen atoms in total. The molecule has 0 radical (unpaired) electrons. The first-order valence-electron chi connectivity index (χ1n) is 21.6. The zero-order chi connectivity index (χ0) is 44.8. The third-order valence-corrected chi connectivity index (χ3v) is 12.5. The third kappa shape index (κ3) is 8.81. The van der Waals surface area contributed by atoms with Gasteiger partial charge in [-0.3, -0.25) is 24.4 Å². The van der Waals surface area contributed by atoms with E-state index in [9.17, 15) is 34.5 Å². The minimum Gasteiger partial charge on any atom is -0.508 e. The molecule has 4 heterocycles. The number of methoxy groups -OCH3 is 1. The summed E-state index contributed by atoms with van der Waals surface area (Å²) in [6.45, 7) is 12.3. The zero-order valence-corrected chi connectivity index (χ0v) is 36.9. The maximum Gasteiger partial charge on any atom is 0.355 e. The average Bonchev–Trinajstić information content (AvgIpc) is 3.90. The molecule has 2 aliphatic heterocycles. The van der Waals surface area contributed by atoms with E-state index in [1.807, 2.05) is 45.0 Å². The Hall–Kier alpha value is -5.35. The summed E-state index contributed by atoms with van der Waals surface area (Å²) < 4.78 is 14.0. The summed E-state index contributed by atoms with van der Waals surface area (Å²) >= 11 is 0. The SMILES string of the molecule is CCn1c(-c2cccnc2[C@H](C)OC)c2c3cc(ccc31)-c1cc(O)cc(c1)C[C@H](NC(=O)[C@H](C(C)C)N(C)C(=O)[C@H]1C[C@H]1O)C(=O)N1CCC[C@@](O)(N1)C(=O)OCC(C)(C)C2. The molecule has 1 saturated heterocycles. The minimum atomic E-state index is -2.25. The van der Waals surface area contributed by atoms with E-state index in [4.69, 9.17) is 14.5 Å². The smallest absolute Gasteiger partial charge is 0.355 e. The van der Waals surface area contributed by atoms with E-state index < -0.39 is 53.0 Å². The number of aryl methyl sites for hydroxylation is 1. The van der Waals surface area contributed by atoms with Crippen molar-refractivity contribution in [2.45, 2.75) is 110 Å². The lowest BCUT2D eigenvalue weighted by molar-refractivity contribution is -0.189. The van der Waals surface area contributed by atoms with E-state index in [1.54, 1.807) is 33.2 Å². The Bertz CT molecular complexity index is 2380. The number of hydrogen-bond donors (Lipinski definition) is 5. The van der Waals surface area contributed by atoms with Gasteiger partial charge in [0.1, 0.15) is 17.8 Å². The number of aromatic nitrogens is 2. The number of nitrogens with one attached hydrogen (secondary N) is 2. The Morgan fingerprint density at radius 2 is 1.85 bits per heavy atom. The Labute approximate surface area is 362 Å². The number of nitrogens with zero attached hydrogens (tertiary/aromatic N) is 4. The van der Waals surface area contributed by atoms with E-state index in [0.717, 1.165) is 44.0 Å². The largest absolute Gasteiger partial charge is 0.508 e. The number of aromatic hydroxyl groups is 1. The van der Waals surface area contributed by atoms with Gasteiger partial charge in [0.05, 0.1) is 36.1 Å². The number of benzene rings is 2. The highest BCUT2D eigenvalue weighted by molar-refractivity contribution is 5.96. The number of cyclic esters (lactones) is 1. The number of pyridine rings is 1. The monoisotopic (exact) mass is 852 g/mol. The first-order valence-corrected chi connectivity index (χ1v) is 21.6. The normalized spacial score (nSPS) is 23.7. The Kier molecular flexibility index (Phi) is 12.6. The van der Waals surface area contributed by atoms with Crippen LogP contribution in [0.4, 0.5) is 0 Å². The summed E-state index contributed by atoms with van der Waals surface area (Å²) in [4.78, 5) is 62.0. The van der Waals surface area contributed by atoms with E-state index in [-0.39, 0.29) is 56.1 Å². The molecule has 15 heteroatoms. The number of esters is 1. The van der Waals surface area contributed by atoms with Crippen molar-refractivity contribution >= 4 is 34.6 Å². The van der Waals surface area contributed by atoms with Crippen molar-refractivity contribution in [3.8, 4) is 28.1 Å². The van der Waals surface area contributed by atoms with Crippen LogP contribution in [0.1, 0.15) is 83.7 Å². The molecule has 62 heavy (non-hydrogen) atoms. The van der Waals surface area contributed by atoms with Crippen molar-refractivity contribution < 1.29 is 44.0 Å². The number of carbonyl (C=O) groups is 4. The number of aliphatic hydroxyl groups is 2. The molecule has 2 fully saturated rings. The molecule has 2 aromatic heterocycles. The number of likely N-dealkylation sites (N-methyl/N-ethyl adjacent to an activating group) is 1. The van der Waals surface area contributed by atoms with Gasteiger partial charge in [-0.1, -0.05) is 39.8 Å². The fourth-order valence-electron chi connectivity index (χ4n) is 9.13. The van der Waals surface area contributed by atoms with Crippen molar-refractivity contribution in [1.29, 1.82) is 0 Å². The fraction of sp³-hybridized carbons (Fsp3) is 0.511. The molecule has 4 aromatic rings. The summed E-state index contributed by atoms with van der Waals surface area (Å²) in [6, 6.07) is 12.9. The van der Waals surface area contributed by atoms with Crippen LogP contribution in [0.3, 0.4) is 0 Å².